The molecule has 0 fully saturated rings. The number of benzene rings is 3. The molecule has 146 valence electrons. The van der Waals surface area contributed by atoms with E-state index in [0.717, 1.165) is 11.3 Å². The monoisotopic (exact) mass is 387 g/mol. The van der Waals surface area contributed by atoms with E-state index < -0.39 is 0 Å². The maximum absolute atomic E-state index is 12.5. The van der Waals surface area contributed by atoms with Crippen LogP contribution in [0.25, 0.3) is 0 Å². The van der Waals surface area contributed by atoms with E-state index in [4.69, 9.17) is 14.7 Å². The molecule has 0 aliphatic carbocycles. The van der Waals surface area contributed by atoms with Crippen molar-refractivity contribution in [3.8, 4) is 17.6 Å². The van der Waals surface area contributed by atoms with Crippen LogP contribution in [-0.4, -0.2) is 19.6 Å². The van der Waals surface area contributed by atoms with Gasteiger partial charge >= 0.3 is 0 Å². The van der Waals surface area contributed by atoms with Crippen molar-refractivity contribution in [2.24, 2.45) is 0 Å². The SMILES string of the molecule is COc1cc(C#N)ccc1OCC(=O)NN(Cc1ccccc1)c1ccccc1. The number of carbonyl (C=O) groups is 1. The third-order valence-corrected chi connectivity index (χ3v) is 4.16. The minimum Gasteiger partial charge on any atom is -0.493 e. The maximum Gasteiger partial charge on any atom is 0.276 e. The second-order valence-corrected chi connectivity index (χ2v) is 6.21. The number of ether oxygens (including phenoxy) is 2. The lowest BCUT2D eigenvalue weighted by atomic mass is 10.2. The Labute approximate surface area is 169 Å². The Morgan fingerprint density at radius 3 is 2.34 bits per heavy atom. The van der Waals surface area contributed by atoms with Crippen LogP contribution in [0.3, 0.4) is 0 Å². The van der Waals surface area contributed by atoms with Gasteiger partial charge in [-0.3, -0.25) is 15.2 Å². The zero-order valence-corrected chi connectivity index (χ0v) is 16.0. The van der Waals surface area contributed by atoms with E-state index >= 15 is 0 Å². The fourth-order valence-corrected chi connectivity index (χ4v) is 2.75. The summed E-state index contributed by atoms with van der Waals surface area (Å²) in [7, 11) is 1.49. The van der Waals surface area contributed by atoms with Crippen molar-refractivity contribution in [1.29, 1.82) is 5.26 Å². The van der Waals surface area contributed by atoms with Gasteiger partial charge in [-0.25, -0.2) is 0 Å². The van der Waals surface area contributed by atoms with Crippen LogP contribution in [0.2, 0.25) is 0 Å². The van der Waals surface area contributed by atoms with Crippen LogP contribution < -0.4 is 19.9 Å². The molecule has 0 bridgehead atoms. The number of hydrogen-bond donors (Lipinski definition) is 1. The lowest BCUT2D eigenvalue weighted by molar-refractivity contribution is -0.123. The van der Waals surface area contributed by atoms with E-state index in [1.807, 2.05) is 66.7 Å². The Balaban J connectivity index is 1.68. The van der Waals surface area contributed by atoms with Crippen LogP contribution in [0.1, 0.15) is 11.1 Å². The van der Waals surface area contributed by atoms with Gasteiger partial charge in [-0.05, 0) is 29.8 Å². The van der Waals surface area contributed by atoms with E-state index in [2.05, 4.69) is 5.43 Å². The summed E-state index contributed by atoms with van der Waals surface area (Å²) in [5.74, 6) is 0.494. The van der Waals surface area contributed by atoms with Crippen molar-refractivity contribution in [3.05, 3.63) is 90.0 Å². The molecule has 3 aromatic carbocycles. The van der Waals surface area contributed by atoms with Gasteiger partial charge in [0.25, 0.3) is 5.91 Å². The van der Waals surface area contributed by atoms with Crippen molar-refractivity contribution in [1.82, 2.24) is 5.43 Å². The predicted molar refractivity (Wildman–Crippen MR) is 110 cm³/mol. The number of rotatable bonds is 8. The molecule has 1 amide bonds. The second kappa shape index (κ2) is 9.81. The zero-order chi connectivity index (χ0) is 20.5. The van der Waals surface area contributed by atoms with Crippen LogP contribution in [-0.2, 0) is 11.3 Å². The van der Waals surface area contributed by atoms with Crippen LogP contribution in [0.15, 0.2) is 78.9 Å². The molecule has 6 heteroatoms. The molecule has 0 atom stereocenters. The third kappa shape index (κ3) is 5.50. The van der Waals surface area contributed by atoms with E-state index in [1.165, 1.54) is 7.11 Å². The largest absolute Gasteiger partial charge is 0.493 e. The highest BCUT2D eigenvalue weighted by Gasteiger charge is 2.13. The minimum absolute atomic E-state index is 0.194. The van der Waals surface area contributed by atoms with Gasteiger partial charge in [0.15, 0.2) is 18.1 Å². The van der Waals surface area contributed by atoms with Gasteiger partial charge in [-0.15, -0.1) is 0 Å². The first-order valence-corrected chi connectivity index (χ1v) is 9.06. The van der Waals surface area contributed by atoms with Gasteiger partial charge < -0.3 is 9.47 Å². The van der Waals surface area contributed by atoms with Crippen LogP contribution in [0.5, 0.6) is 11.5 Å². The molecule has 3 rings (SSSR count). The molecule has 0 unspecified atom stereocenters. The summed E-state index contributed by atoms with van der Waals surface area (Å²) in [4.78, 5) is 12.5. The van der Waals surface area contributed by atoms with Crippen molar-refractivity contribution in [3.63, 3.8) is 0 Å². The Kier molecular flexibility index (Phi) is 6.69. The number of amides is 1. The highest BCUT2D eigenvalue weighted by atomic mass is 16.5. The van der Waals surface area contributed by atoms with Gasteiger partial charge in [-0.2, -0.15) is 5.26 Å². The van der Waals surface area contributed by atoms with Crippen molar-refractivity contribution in [2.75, 3.05) is 18.7 Å². The second-order valence-electron chi connectivity index (χ2n) is 6.21. The molecule has 6 nitrogen and oxygen atoms in total. The average Bonchev–Trinajstić information content (AvgIpc) is 2.78. The lowest BCUT2D eigenvalue weighted by Gasteiger charge is -2.25. The summed E-state index contributed by atoms with van der Waals surface area (Å²) in [5, 5.41) is 10.8. The standard InChI is InChI=1S/C23H21N3O3/c1-28-22-14-19(15-24)12-13-21(22)29-17-23(27)25-26(20-10-6-3-7-11-20)16-18-8-4-2-5-9-18/h2-14H,16-17H2,1H3,(H,25,27). The number of para-hydroxylation sites is 1. The lowest BCUT2D eigenvalue weighted by Crippen LogP contribution is -2.44. The number of nitrogens with one attached hydrogen (secondary N) is 1. The van der Waals surface area contributed by atoms with E-state index in [1.54, 1.807) is 23.2 Å². The van der Waals surface area contributed by atoms with E-state index in [9.17, 15) is 4.79 Å². The quantitative estimate of drug-likeness (QED) is 0.597. The van der Waals surface area contributed by atoms with E-state index in [0.29, 0.717) is 23.6 Å². The Hall–Kier alpha value is -3.98. The average molecular weight is 387 g/mol. The zero-order valence-electron chi connectivity index (χ0n) is 16.0. The number of hydrogen-bond acceptors (Lipinski definition) is 5. The van der Waals surface area contributed by atoms with Gasteiger partial charge in [0.05, 0.1) is 31.0 Å². The summed E-state index contributed by atoms with van der Waals surface area (Å²) >= 11 is 0. The highest BCUT2D eigenvalue weighted by molar-refractivity contribution is 5.79. The van der Waals surface area contributed by atoms with Crippen molar-refractivity contribution < 1.29 is 14.3 Å². The number of carbonyl (C=O) groups excluding carboxylic acids is 1. The summed E-state index contributed by atoms with van der Waals surface area (Å²) in [6.45, 7) is 0.317. The highest BCUT2D eigenvalue weighted by Crippen LogP contribution is 2.27. The fourth-order valence-electron chi connectivity index (χ4n) is 2.75. The fraction of sp³-hybridized carbons (Fsp3) is 0.130. The Morgan fingerprint density at radius 2 is 1.69 bits per heavy atom. The predicted octanol–water partition coefficient (Wildman–Crippen LogP) is 3.68. The molecular formula is C23H21N3O3. The van der Waals surface area contributed by atoms with Crippen LogP contribution in [0, 0.1) is 11.3 Å². The molecule has 1 N–H and O–H groups in total. The maximum atomic E-state index is 12.5. The summed E-state index contributed by atoms with van der Waals surface area (Å²) in [5.41, 5.74) is 5.27. The van der Waals surface area contributed by atoms with Gasteiger partial charge in [0.1, 0.15) is 0 Å². The molecule has 29 heavy (non-hydrogen) atoms. The molecular weight excluding hydrogens is 366 g/mol. The van der Waals surface area contributed by atoms with E-state index in [-0.39, 0.29) is 12.5 Å². The van der Waals surface area contributed by atoms with Gasteiger partial charge in [0.2, 0.25) is 0 Å². The Bertz CT molecular complexity index is 985. The number of hydrazine groups is 1. The molecule has 0 radical (unpaired) electrons. The molecule has 0 saturated carbocycles. The molecule has 0 heterocycles. The molecule has 3 aromatic rings. The molecule has 0 aliphatic rings. The van der Waals surface area contributed by atoms with Crippen LogP contribution >= 0.6 is 0 Å². The molecule has 0 saturated heterocycles. The smallest absolute Gasteiger partial charge is 0.276 e. The third-order valence-electron chi connectivity index (χ3n) is 4.16. The Morgan fingerprint density at radius 1 is 1.00 bits per heavy atom. The topological polar surface area (TPSA) is 74.6 Å². The molecule has 0 aliphatic heterocycles. The first kappa shape index (κ1) is 19.8. The molecule has 0 aromatic heterocycles. The minimum atomic E-state index is -0.309. The number of methoxy groups -OCH3 is 1. The number of nitrogens with zero attached hydrogens (tertiary/aromatic N) is 2. The normalized spacial score (nSPS) is 9.93. The summed E-state index contributed by atoms with van der Waals surface area (Å²) in [6, 6.07) is 26.3. The first-order valence-electron chi connectivity index (χ1n) is 9.06. The van der Waals surface area contributed by atoms with Crippen molar-refractivity contribution >= 4 is 11.6 Å². The van der Waals surface area contributed by atoms with Crippen molar-refractivity contribution in [2.45, 2.75) is 6.54 Å². The summed E-state index contributed by atoms with van der Waals surface area (Å²) in [6.07, 6.45) is 0. The first-order chi connectivity index (χ1) is 14.2. The molecule has 0 spiro atoms. The van der Waals surface area contributed by atoms with Gasteiger partial charge in [0, 0.05) is 6.07 Å². The number of nitriles is 1. The summed E-state index contributed by atoms with van der Waals surface area (Å²) < 4.78 is 10.8. The number of anilines is 1. The van der Waals surface area contributed by atoms with Gasteiger partial charge in [-0.1, -0.05) is 48.5 Å². The van der Waals surface area contributed by atoms with Crippen LogP contribution in [0.4, 0.5) is 5.69 Å².